The van der Waals surface area contributed by atoms with Crippen LogP contribution in [0.1, 0.15) is 5.56 Å². The highest BCUT2D eigenvalue weighted by molar-refractivity contribution is 7.89. The van der Waals surface area contributed by atoms with Gasteiger partial charge in [-0.3, -0.25) is 0 Å². The molecule has 0 aromatic heterocycles. The van der Waals surface area contributed by atoms with Crippen molar-refractivity contribution in [1.82, 2.24) is 0 Å². The van der Waals surface area contributed by atoms with Gasteiger partial charge in [-0.05, 0) is 23.8 Å². The van der Waals surface area contributed by atoms with Crippen LogP contribution >= 0.6 is 34.8 Å². The Balaban J connectivity index is 2.21. The Morgan fingerprint density at radius 3 is 2.19 bits per heavy atom. The largest absolute Gasteiger partial charge is 0.487 e. The SMILES string of the molecule is NS(=O)(=O)c1cc(Cl)c(OCc2ccc(Cl)cc2)cc1Cl. The van der Waals surface area contributed by atoms with Crippen molar-refractivity contribution in [2.75, 3.05) is 0 Å². The molecule has 0 heterocycles. The van der Waals surface area contributed by atoms with Crippen LogP contribution in [0.5, 0.6) is 5.75 Å². The molecule has 21 heavy (non-hydrogen) atoms. The second-order valence-electron chi connectivity index (χ2n) is 4.17. The summed E-state index contributed by atoms with van der Waals surface area (Å²) < 4.78 is 28.1. The molecule has 0 atom stereocenters. The third-order valence-electron chi connectivity index (χ3n) is 2.60. The van der Waals surface area contributed by atoms with Gasteiger partial charge in [0.1, 0.15) is 17.3 Å². The molecule has 0 spiro atoms. The van der Waals surface area contributed by atoms with E-state index < -0.39 is 10.0 Å². The Morgan fingerprint density at radius 2 is 1.62 bits per heavy atom. The van der Waals surface area contributed by atoms with Crippen LogP contribution < -0.4 is 9.88 Å². The molecule has 2 N–H and O–H groups in total. The lowest BCUT2D eigenvalue weighted by molar-refractivity contribution is 0.306. The second-order valence-corrected chi connectivity index (χ2v) is 6.95. The summed E-state index contributed by atoms with van der Waals surface area (Å²) in [5, 5.41) is 5.71. The molecule has 112 valence electrons. The molecule has 0 amide bonds. The van der Waals surface area contributed by atoms with Gasteiger partial charge in [0.15, 0.2) is 0 Å². The van der Waals surface area contributed by atoms with Gasteiger partial charge >= 0.3 is 0 Å². The summed E-state index contributed by atoms with van der Waals surface area (Å²) in [7, 11) is -3.93. The van der Waals surface area contributed by atoms with Crippen molar-refractivity contribution in [2.24, 2.45) is 5.14 Å². The third kappa shape index (κ3) is 4.25. The fraction of sp³-hybridized carbons (Fsp3) is 0.0769. The van der Waals surface area contributed by atoms with Crippen molar-refractivity contribution in [2.45, 2.75) is 11.5 Å². The van der Waals surface area contributed by atoms with E-state index >= 15 is 0 Å². The number of benzene rings is 2. The molecule has 0 bridgehead atoms. The first-order valence-corrected chi connectivity index (χ1v) is 8.34. The minimum atomic E-state index is -3.93. The monoisotopic (exact) mass is 365 g/mol. The number of hydrogen-bond acceptors (Lipinski definition) is 3. The van der Waals surface area contributed by atoms with Gasteiger partial charge in [0.05, 0.1) is 10.0 Å². The fourth-order valence-corrected chi connectivity index (χ4v) is 3.08. The second kappa shape index (κ2) is 6.42. The highest BCUT2D eigenvalue weighted by Crippen LogP contribution is 2.33. The molecule has 2 aromatic carbocycles. The molecule has 0 radical (unpaired) electrons. The summed E-state index contributed by atoms with van der Waals surface area (Å²) in [4.78, 5) is -0.243. The summed E-state index contributed by atoms with van der Waals surface area (Å²) in [6.07, 6.45) is 0. The topological polar surface area (TPSA) is 69.4 Å². The van der Waals surface area contributed by atoms with E-state index in [1.165, 1.54) is 6.07 Å². The zero-order valence-corrected chi connectivity index (χ0v) is 13.6. The Bertz CT molecular complexity index is 761. The summed E-state index contributed by atoms with van der Waals surface area (Å²) >= 11 is 17.6. The van der Waals surface area contributed by atoms with Crippen LogP contribution in [0.4, 0.5) is 0 Å². The summed E-state index contributed by atoms with van der Waals surface area (Å²) in [6.45, 7) is 0.238. The van der Waals surface area contributed by atoms with E-state index in [2.05, 4.69) is 0 Å². The highest BCUT2D eigenvalue weighted by Gasteiger charge is 2.16. The van der Waals surface area contributed by atoms with Gasteiger partial charge in [-0.1, -0.05) is 46.9 Å². The highest BCUT2D eigenvalue weighted by atomic mass is 35.5. The van der Waals surface area contributed by atoms with Crippen LogP contribution in [0, 0.1) is 0 Å². The number of sulfonamides is 1. The molecule has 2 rings (SSSR count). The predicted molar refractivity (Wildman–Crippen MR) is 83.6 cm³/mol. The molecule has 0 aliphatic carbocycles. The quantitative estimate of drug-likeness (QED) is 0.893. The number of primary sulfonamides is 1. The molecule has 0 saturated carbocycles. The molecule has 0 aliphatic rings. The molecule has 8 heteroatoms. The van der Waals surface area contributed by atoms with Crippen molar-refractivity contribution in [1.29, 1.82) is 0 Å². The Hall–Kier alpha value is -0.980. The van der Waals surface area contributed by atoms with Gasteiger partial charge in [0.25, 0.3) is 0 Å². The number of hydrogen-bond donors (Lipinski definition) is 1. The van der Waals surface area contributed by atoms with Crippen LogP contribution in [0.3, 0.4) is 0 Å². The Kier molecular flexibility index (Phi) is 5.01. The van der Waals surface area contributed by atoms with Gasteiger partial charge < -0.3 is 4.74 Å². The summed E-state index contributed by atoms with van der Waals surface area (Å²) in [5.41, 5.74) is 0.877. The first kappa shape index (κ1) is 16.4. The van der Waals surface area contributed by atoms with Crippen molar-refractivity contribution in [3.05, 3.63) is 57.0 Å². The van der Waals surface area contributed by atoms with Crippen molar-refractivity contribution in [3.8, 4) is 5.75 Å². The number of halogens is 3. The standard InChI is InChI=1S/C13H10Cl3NO3S/c14-9-3-1-8(2-4-9)7-20-12-5-11(16)13(6-10(12)15)21(17,18)19/h1-6H,7H2,(H2,17,18,19). The zero-order chi connectivity index (χ0) is 15.6. The summed E-state index contributed by atoms with van der Waals surface area (Å²) in [6, 6.07) is 9.56. The maximum absolute atomic E-state index is 11.3. The molecule has 0 aliphatic heterocycles. The van der Waals surface area contributed by atoms with Gasteiger partial charge in [-0.25, -0.2) is 13.6 Å². The smallest absolute Gasteiger partial charge is 0.239 e. The van der Waals surface area contributed by atoms with Crippen LogP contribution in [-0.2, 0) is 16.6 Å². The molecule has 0 saturated heterocycles. The van der Waals surface area contributed by atoms with E-state index in [9.17, 15) is 8.42 Å². The van der Waals surface area contributed by atoms with Crippen molar-refractivity contribution >= 4 is 44.8 Å². The lowest BCUT2D eigenvalue weighted by Crippen LogP contribution is -2.13. The molecule has 0 unspecified atom stereocenters. The first-order chi connectivity index (χ1) is 9.77. The molecular formula is C13H10Cl3NO3S. The maximum Gasteiger partial charge on any atom is 0.239 e. The summed E-state index contributed by atoms with van der Waals surface area (Å²) in [5.74, 6) is 0.268. The van der Waals surface area contributed by atoms with Crippen LogP contribution in [0.15, 0.2) is 41.3 Å². The third-order valence-corrected chi connectivity index (χ3v) is 4.52. The van der Waals surface area contributed by atoms with E-state index in [0.717, 1.165) is 11.6 Å². The molecular weight excluding hydrogens is 357 g/mol. The number of rotatable bonds is 4. The van der Waals surface area contributed by atoms with E-state index in [1.54, 1.807) is 24.3 Å². The minimum absolute atomic E-state index is 0.0481. The van der Waals surface area contributed by atoms with E-state index in [1.807, 2.05) is 0 Å². The fourth-order valence-electron chi connectivity index (χ4n) is 1.58. The van der Waals surface area contributed by atoms with E-state index in [-0.39, 0.29) is 27.3 Å². The van der Waals surface area contributed by atoms with Crippen LogP contribution in [0.2, 0.25) is 15.1 Å². The average molecular weight is 367 g/mol. The van der Waals surface area contributed by atoms with Crippen LogP contribution in [0.25, 0.3) is 0 Å². The van der Waals surface area contributed by atoms with E-state index in [0.29, 0.717) is 5.02 Å². The van der Waals surface area contributed by atoms with Gasteiger partial charge in [0, 0.05) is 11.1 Å². The number of ether oxygens (including phenoxy) is 1. The number of nitrogens with two attached hydrogens (primary N) is 1. The first-order valence-electron chi connectivity index (χ1n) is 5.66. The maximum atomic E-state index is 11.3. The molecule has 0 fully saturated rings. The van der Waals surface area contributed by atoms with Gasteiger partial charge in [0.2, 0.25) is 10.0 Å². The molecule has 2 aromatic rings. The Morgan fingerprint density at radius 1 is 1.00 bits per heavy atom. The average Bonchev–Trinajstić information content (AvgIpc) is 2.40. The van der Waals surface area contributed by atoms with Gasteiger partial charge in [-0.2, -0.15) is 0 Å². The van der Waals surface area contributed by atoms with Crippen molar-refractivity contribution in [3.63, 3.8) is 0 Å². The van der Waals surface area contributed by atoms with Crippen molar-refractivity contribution < 1.29 is 13.2 Å². The normalized spacial score (nSPS) is 11.4. The predicted octanol–water partition coefficient (Wildman–Crippen LogP) is 3.87. The lowest BCUT2D eigenvalue weighted by atomic mass is 10.2. The van der Waals surface area contributed by atoms with Gasteiger partial charge in [-0.15, -0.1) is 0 Å². The van der Waals surface area contributed by atoms with E-state index in [4.69, 9.17) is 44.7 Å². The Labute approximate surface area is 137 Å². The minimum Gasteiger partial charge on any atom is -0.487 e. The zero-order valence-electron chi connectivity index (χ0n) is 10.5. The lowest BCUT2D eigenvalue weighted by Gasteiger charge is -2.10. The molecule has 4 nitrogen and oxygen atoms in total. The van der Waals surface area contributed by atoms with Crippen LogP contribution in [-0.4, -0.2) is 8.42 Å².